The Morgan fingerprint density at radius 3 is 2.90 bits per heavy atom. The molecule has 2 heterocycles. The fraction of sp³-hybridized carbons (Fsp3) is 0.200. The molecule has 0 aliphatic heterocycles. The van der Waals surface area contributed by atoms with Gasteiger partial charge >= 0.3 is 0 Å². The number of hydrogen-bond donors (Lipinski definition) is 1. The van der Waals surface area contributed by atoms with E-state index in [1.807, 2.05) is 42.2 Å². The number of fused-ring (bicyclic) bond motifs is 1. The van der Waals surface area contributed by atoms with Crippen LogP contribution in [0.15, 0.2) is 41.7 Å². The van der Waals surface area contributed by atoms with Gasteiger partial charge in [0.05, 0.1) is 12.8 Å². The summed E-state index contributed by atoms with van der Waals surface area (Å²) in [6, 6.07) is 6.14. The van der Waals surface area contributed by atoms with E-state index in [4.69, 9.17) is 4.74 Å². The van der Waals surface area contributed by atoms with Crippen LogP contribution in [0.4, 0.5) is 5.82 Å². The van der Waals surface area contributed by atoms with Gasteiger partial charge in [-0.2, -0.15) is 0 Å². The van der Waals surface area contributed by atoms with E-state index in [1.54, 1.807) is 25.1 Å². The number of methoxy groups -OCH3 is 1. The van der Waals surface area contributed by atoms with Gasteiger partial charge in [-0.15, -0.1) is 11.8 Å². The van der Waals surface area contributed by atoms with Crippen molar-refractivity contribution in [3.8, 4) is 17.0 Å². The first-order valence-electron chi connectivity index (χ1n) is 6.50. The van der Waals surface area contributed by atoms with Crippen LogP contribution in [0, 0.1) is 0 Å². The number of thioether (sulfide) groups is 1. The summed E-state index contributed by atoms with van der Waals surface area (Å²) in [6.07, 6.45) is 7.66. The van der Waals surface area contributed by atoms with E-state index in [0.717, 1.165) is 33.4 Å². The molecular weight excluding hydrogens is 284 g/mol. The minimum absolute atomic E-state index is 0.753. The number of anilines is 1. The summed E-state index contributed by atoms with van der Waals surface area (Å²) in [6.45, 7) is 0. The second-order valence-corrected chi connectivity index (χ2v) is 5.33. The summed E-state index contributed by atoms with van der Waals surface area (Å²) in [5.41, 5.74) is 2.64. The van der Waals surface area contributed by atoms with Gasteiger partial charge in [-0.25, -0.2) is 9.97 Å². The Hall–Kier alpha value is -2.21. The summed E-state index contributed by atoms with van der Waals surface area (Å²) in [4.78, 5) is 10.1. The molecule has 1 N–H and O–H groups in total. The number of nitrogens with zero attached hydrogens (tertiary/aromatic N) is 3. The largest absolute Gasteiger partial charge is 0.496 e. The van der Waals surface area contributed by atoms with Crippen molar-refractivity contribution in [1.82, 2.24) is 14.4 Å². The molecule has 0 saturated carbocycles. The number of nitrogens with one attached hydrogen (secondary N) is 1. The SMILES string of the molecule is CNc1nccn2cc(-c3ccc(SC)cc3OC)nc12. The first-order chi connectivity index (χ1) is 10.3. The Balaban J connectivity index is 2.16. The van der Waals surface area contributed by atoms with Crippen LogP contribution in [0.2, 0.25) is 0 Å². The van der Waals surface area contributed by atoms with Crippen molar-refractivity contribution in [2.75, 3.05) is 25.7 Å². The van der Waals surface area contributed by atoms with E-state index in [9.17, 15) is 0 Å². The molecule has 0 bridgehead atoms. The quantitative estimate of drug-likeness (QED) is 0.750. The summed E-state index contributed by atoms with van der Waals surface area (Å²) in [7, 11) is 3.52. The van der Waals surface area contributed by atoms with Crippen LogP contribution < -0.4 is 10.1 Å². The van der Waals surface area contributed by atoms with Gasteiger partial charge in [0.2, 0.25) is 0 Å². The smallest absolute Gasteiger partial charge is 0.180 e. The van der Waals surface area contributed by atoms with E-state index in [-0.39, 0.29) is 0 Å². The summed E-state index contributed by atoms with van der Waals surface area (Å²) in [5, 5.41) is 3.05. The molecule has 108 valence electrons. The van der Waals surface area contributed by atoms with E-state index < -0.39 is 0 Å². The van der Waals surface area contributed by atoms with E-state index in [0.29, 0.717) is 0 Å². The fourth-order valence-corrected chi connectivity index (χ4v) is 2.67. The molecular formula is C15H16N4OS. The highest BCUT2D eigenvalue weighted by Crippen LogP contribution is 2.33. The summed E-state index contributed by atoms with van der Waals surface area (Å²) in [5.74, 6) is 1.58. The lowest BCUT2D eigenvalue weighted by Gasteiger charge is -2.07. The van der Waals surface area contributed by atoms with Crippen LogP contribution in [-0.4, -0.2) is 34.8 Å². The Labute approximate surface area is 127 Å². The van der Waals surface area contributed by atoms with Crippen molar-refractivity contribution in [2.24, 2.45) is 0 Å². The Kier molecular flexibility index (Phi) is 3.70. The molecule has 0 amide bonds. The van der Waals surface area contributed by atoms with Crippen LogP contribution in [0.5, 0.6) is 5.75 Å². The molecule has 0 atom stereocenters. The van der Waals surface area contributed by atoms with Gasteiger partial charge in [-0.05, 0) is 24.5 Å². The zero-order valence-electron chi connectivity index (χ0n) is 12.1. The van der Waals surface area contributed by atoms with E-state index in [1.165, 1.54) is 0 Å². The first-order valence-corrected chi connectivity index (χ1v) is 7.73. The van der Waals surface area contributed by atoms with Gasteiger partial charge in [0, 0.05) is 36.1 Å². The van der Waals surface area contributed by atoms with Crippen LogP contribution in [0.1, 0.15) is 0 Å². The van der Waals surface area contributed by atoms with Crippen molar-refractivity contribution in [1.29, 1.82) is 0 Å². The van der Waals surface area contributed by atoms with Crippen LogP contribution >= 0.6 is 11.8 Å². The first kappa shape index (κ1) is 13.8. The highest BCUT2D eigenvalue weighted by Gasteiger charge is 2.12. The maximum Gasteiger partial charge on any atom is 0.180 e. The molecule has 1 aromatic carbocycles. The van der Waals surface area contributed by atoms with Crippen molar-refractivity contribution < 1.29 is 4.74 Å². The van der Waals surface area contributed by atoms with Gasteiger partial charge < -0.3 is 14.5 Å². The number of rotatable bonds is 4. The minimum Gasteiger partial charge on any atom is -0.496 e. The third kappa shape index (κ3) is 2.42. The molecule has 6 heteroatoms. The number of ether oxygens (including phenoxy) is 1. The predicted molar refractivity (Wildman–Crippen MR) is 86.3 cm³/mol. The molecule has 0 spiro atoms. The molecule has 5 nitrogen and oxygen atoms in total. The molecule has 0 aliphatic rings. The van der Waals surface area contributed by atoms with Crippen molar-refractivity contribution >= 4 is 23.2 Å². The standard InChI is InChI=1S/C15H16N4OS/c1-16-14-15-18-12(9-19(15)7-6-17-14)11-5-4-10(21-3)8-13(11)20-2/h4-9H,1-3H3,(H,16,17). The maximum absolute atomic E-state index is 5.50. The zero-order chi connectivity index (χ0) is 14.8. The molecule has 0 fully saturated rings. The topological polar surface area (TPSA) is 51.5 Å². The number of benzene rings is 1. The summed E-state index contributed by atoms with van der Waals surface area (Å²) < 4.78 is 7.46. The lowest BCUT2D eigenvalue weighted by atomic mass is 10.1. The fourth-order valence-electron chi connectivity index (χ4n) is 2.24. The molecule has 0 saturated heterocycles. The molecule has 0 radical (unpaired) electrons. The van der Waals surface area contributed by atoms with Crippen molar-refractivity contribution in [3.63, 3.8) is 0 Å². The highest BCUT2D eigenvalue weighted by molar-refractivity contribution is 7.98. The van der Waals surface area contributed by atoms with Crippen LogP contribution in [0.3, 0.4) is 0 Å². The molecule has 3 rings (SSSR count). The van der Waals surface area contributed by atoms with E-state index in [2.05, 4.69) is 21.4 Å². The lowest BCUT2D eigenvalue weighted by Crippen LogP contribution is -1.95. The van der Waals surface area contributed by atoms with Crippen LogP contribution in [-0.2, 0) is 0 Å². The Bertz CT molecular complexity index is 784. The summed E-state index contributed by atoms with van der Waals surface area (Å²) >= 11 is 1.69. The van der Waals surface area contributed by atoms with Gasteiger partial charge in [0.25, 0.3) is 0 Å². The lowest BCUT2D eigenvalue weighted by molar-refractivity contribution is 0.415. The second kappa shape index (κ2) is 5.65. The maximum atomic E-state index is 5.50. The molecule has 21 heavy (non-hydrogen) atoms. The van der Waals surface area contributed by atoms with Gasteiger partial charge in [-0.1, -0.05) is 0 Å². The average molecular weight is 300 g/mol. The van der Waals surface area contributed by atoms with Crippen LogP contribution in [0.25, 0.3) is 16.9 Å². The normalized spacial score (nSPS) is 10.8. The Morgan fingerprint density at radius 2 is 2.19 bits per heavy atom. The van der Waals surface area contributed by atoms with E-state index >= 15 is 0 Å². The zero-order valence-corrected chi connectivity index (χ0v) is 12.9. The Morgan fingerprint density at radius 1 is 1.33 bits per heavy atom. The predicted octanol–water partition coefficient (Wildman–Crippen LogP) is 3.17. The van der Waals surface area contributed by atoms with Crippen molar-refractivity contribution in [2.45, 2.75) is 4.90 Å². The minimum atomic E-state index is 0.753. The number of imidazole rings is 1. The highest BCUT2D eigenvalue weighted by atomic mass is 32.2. The molecule has 0 unspecified atom stereocenters. The monoisotopic (exact) mass is 300 g/mol. The average Bonchev–Trinajstić information content (AvgIpc) is 2.97. The molecule has 3 aromatic rings. The number of hydrogen-bond acceptors (Lipinski definition) is 5. The number of aromatic nitrogens is 3. The second-order valence-electron chi connectivity index (χ2n) is 4.45. The molecule has 2 aromatic heterocycles. The van der Waals surface area contributed by atoms with Crippen molar-refractivity contribution in [3.05, 3.63) is 36.8 Å². The third-order valence-corrected chi connectivity index (χ3v) is 4.02. The van der Waals surface area contributed by atoms with Gasteiger partial charge in [0.15, 0.2) is 11.5 Å². The molecule has 0 aliphatic carbocycles. The third-order valence-electron chi connectivity index (χ3n) is 3.30. The van der Waals surface area contributed by atoms with Gasteiger partial charge in [-0.3, -0.25) is 0 Å². The van der Waals surface area contributed by atoms with Gasteiger partial charge in [0.1, 0.15) is 5.75 Å².